The highest BCUT2D eigenvalue weighted by molar-refractivity contribution is 5.91. The maximum atomic E-state index is 15.3. The van der Waals surface area contributed by atoms with Crippen LogP contribution in [0.2, 0.25) is 0 Å². The molecule has 0 unspecified atom stereocenters. The molecule has 9 aromatic rings. The molecule has 55 nitrogen and oxygen atoms in total. The molecule has 730 valence electrons. The SMILES string of the molecule is Cc1cc(CC(=O)N(CCNC(=O)CN(CCNC(=O)CN(C)CCN(C)C)C(=O)Cn2ccc(N)nc2=O)CC(=O)NCCN(CC(=O)NCCN(CC(=O)NCCN(CC(=O)NCCN(CC(=O)NCCN2CCOCC2)C(=O)Cn2cnc3c(=O)[nH]c(N)nc32)C(=O)Cn2cnc3c(N)ncnc32)C(=O)Cn2ccc(N)nc2=O)C(=O)Cn2cnc3c(=O)[nH]c(N)nc32)c(F)cc1F. The number of aryl methyl sites for hydroxylation is 1. The Labute approximate surface area is 770 Å². The summed E-state index contributed by atoms with van der Waals surface area (Å²) < 4.78 is 40.8. The summed E-state index contributed by atoms with van der Waals surface area (Å²) in [7, 11) is 5.48. The van der Waals surface area contributed by atoms with Gasteiger partial charge in [-0.1, -0.05) is 0 Å². The quantitative estimate of drug-likeness (QED) is 0.0168. The Kier molecular flexibility index (Phi) is 36.8. The molecular formula is C79H107F2N37O18. The molecule has 8 aromatic heterocycles. The van der Waals surface area contributed by atoms with E-state index in [1.807, 2.05) is 19.0 Å². The van der Waals surface area contributed by atoms with Gasteiger partial charge in [0.25, 0.3) is 11.1 Å². The molecule has 136 heavy (non-hydrogen) atoms. The van der Waals surface area contributed by atoms with Crippen LogP contribution in [-0.4, -0.2) is 397 Å². The summed E-state index contributed by atoms with van der Waals surface area (Å²) in [5, 5.41) is 18.5. The molecule has 0 atom stereocenters. The van der Waals surface area contributed by atoms with Gasteiger partial charge in [0.15, 0.2) is 33.8 Å². The normalized spacial score (nSPS) is 12.0. The van der Waals surface area contributed by atoms with Crippen LogP contribution in [0.5, 0.6) is 0 Å². The van der Waals surface area contributed by atoms with Gasteiger partial charge in [-0.05, 0) is 57.4 Å². The number of morpholine rings is 1. The van der Waals surface area contributed by atoms with Crippen molar-refractivity contribution in [2.45, 2.75) is 46.1 Å². The molecule has 0 spiro atoms. The number of rotatable bonds is 50. The Balaban J connectivity index is 0.802. The number of aromatic nitrogens is 16. The first-order valence-corrected chi connectivity index (χ1v) is 42.5. The van der Waals surface area contributed by atoms with Crippen molar-refractivity contribution < 1.29 is 75.8 Å². The molecule has 13 amide bonds. The number of H-pyrrole nitrogens is 2. The lowest BCUT2D eigenvalue weighted by atomic mass is 10.1. The van der Waals surface area contributed by atoms with Crippen molar-refractivity contribution >= 4 is 140 Å². The van der Waals surface area contributed by atoms with Crippen molar-refractivity contribution in [2.24, 2.45) is 0 Å². The standard InChI is InChI=1S/C79H107F2N37O18/c1-48-29-49(51(81)31-50(48)80)30-61(126)108(17-8-89-57(122)35-109(62(127)39-114-14-5-52(82)99-78(114)134)18-9-88-54(119)32-106(4)24-23-105(2)3)33-55(120)90-11-21-113(66(131)43-118-47-98-69-73(118)102-77(86)104-75(69)133)38-60(125)91-10-19-110(63(128)40-115-15-6-53(83)100-79(115)135)36-58(123)92-12-20-111(64(129)41-116-45-96-67-70(84)94-44-95-71(67)116)37-59(124)93-13-22-112(34-56(121)87-7-16-107-25-27-136-28-26-107)65(130)42-117-46-97-68-72(117)101-76(85)103-74(68)132/h5-6,14-15,29,31,44-47H,7-13,16-28,30,32-43H2,1-4H3,(H,87,121)(H,88,119)(H,89,122)(H,90,120)(H,91,125)(H,92,123)(H,93,124)(H2,82,99,134)(H2,83,100,135)(H2,84,94,95)(H3,85,101,103,132)(H3,86,102,104,133). The average Bonchev–Trinajstić information content (AvgIpc) is 1.60. The zero-order chi connectivity index (χ0) is 98.4. The zero-order valence-corrected chi connectivity index (χ0v) is 74.9. The molecule has 1 fully saturated rings. The highest BCUT2D eigenvalue weighted by Gasteiger charge is 2.30. The van der Waals surface area contributed by atoms with Gasteiger partial charge in [-0.3, -0.25) is 101 Å². The van der Waals surface area contributed by atoms with Gasteiger partial charge in [-0.15, -0.1) is 0 Å². The van der Waals surface area contributed by atoms with E-state index in [-0.39, 0.29) is 113 Å². The number of likely N-dealkylation sites (N-methyl/N-ethyl adjacent to an activating group) is 2. The minimum atomic E-state index is -1.10. The molecule has 1 saturated heterocycles. The number of fused-ring (bicyclic) bond motifs is 3. The van der Waals surface area contributed by atoms with Crippen molar-refractivity contribution in [3.05, 3.63) is 126 Å². The number of imidazole rings is 3. The minimum absolute atomic E-state index is 0.00255. The van der Waals surface area contributed by atoms with Crippen molar-refractivity contribution in [3.8, 4) is 0 Å². The van der Waals surface area contributed by atoms with Gasteiger partial charge >= 0.3 is 11.4 Å². The summed E-state index contributed by atoms with van der Waals surface area (Å²) >= 11 is 0. The van der Waals surface area contributed by atoms with Gasteiger partial charge in [0, 0.05) is 136 Å². The summed E-state index contributed by atoms with van der Waals surface area (Å²) in [6.07, 6.45) is 6.35. The van der Waals surface area contributed by atoms with Crippen LogP contribution < -0.4 is 88.4 Å². The van der Waals surface area contributed by atoms with Crippen LogP contribution >= 0.6 is 0 Å². The predicted octanol–water partition coefficient (Wildman–Crippen LogP) is -11.0. The summed E-state index contributed by atoms with van der Waals surface area (Å²) in [6.45, 7) is -6.29. The summed E-state index contributed by atoms with van der Waals surface area (Å²) in [5.74, 6) is -13.0. The van der Waals surface area contributed by atoms with Crippen LogP contribution in [0, 0.1) is 18.6 Å². The molecule has 0 aliphatic carbocycles. The molecule has 1 aliphatic rings. The third-order valence-corrected chi connectivity index (χ3v) is 20.9. The van der Waals surface area contributed by atoms with Crippen LogP contribution in [-0.2, 0) is 106 Å². The molecule has 1 aliphatic heterocycles. The van der Waals surface area contributed by atoms with Crippen LogP contribution in [0.1, 0.15) is 11.1 Å². The molecule has 10 rings (SSSR count). The number of nitrogens with two attached hydrogens (primary N) is 5. The van der Waals surface area contributed by atoms with Crippen molar-refractivity contribution in [1.29, 1.82) is 0 Å². The number of aromatic amines is 2. The maximum absolute atomic E-state index is 15.3. The number of hydrogen-bond donors (Lipinski definition) is 14. The van der Waals surface area contributed by atoms with Crippen molar-refractivity contribution in [1.82, 2.24) is 159 Å². The van der Waals surface area contributed by atoms with E-state index in [9.17, 15) is 85.9 Å². The van der Waals surface area contributed by atoms with E-state index in [4.69, 9.17) is 33.4 Å². The van der Waals surface area contributed by atoms with Crippen LogP contribution in [0.15, 0.2) is 81.1 Å². The van der Waals surface area contributed by atoms with Crippen LogP contribution in [0.4, 0.5) is 38.1 Å². The molecule has 9 heterocycles. The number of nitrogens with one attached hydrogen (secondary N) is 9. The van der Waals surface area contributed by atoms with E-state index in [0.717, 1.165) is 68.0 Å². The Bertz CT molecular complexity index is 6110. The highest BCUT2D eigenvalue weighted by Crippen LogP contribution is 2.18. The number of halogens is 2. The number of benzene rings is 1. The van der Waals surface area contributed by atoms with E-state index in [0.29, 0.717) is 52.0 Å². The Morgan fingerprint density at radius 3 is 1.15 bits per heavy atom. The predicted molar refractivity (Wildman–Crippen MR) is 479 cm³/mol. The number of amides is 13. The second-order valence-electron chi connectivity index (χ2n) is 31.5. The van der Waals surface area contributed by atoms with Crippen LogP contribution in [0.3, 0.4) is 0 Å². The second-order valence-corrected chi connectivity index (χ2v) is 31.5. The first kappa shape index (κ1) is 102. The van der Waals surface area contributed by atoms with Gasteiger partial charge < -0.3 is 119 Å². The van der Waals surface area contributed by atoms with Gasteiger partial charge in [-0.2, -0.15) is 19.9 Å². The van der Waals surface area contributed by atoms with Crippen molar-refractivity contribution in [3.63, 3.8) is 0 Å². The smallest absolute Gasteiger partial charge is 0.349 e. The van der Waals surface area contributed by atoms with E-state index >= 15 is 4.39 Å². The number of nitrogens with zero attached hydrogens (tertiary/aromatic N) is 23. The third-order valence-electron chi connectivity index (χ3n) is 20.9. The van der Waals surface area contributed by atoms with E-state index in [1.54, 1.807) is 11.9 Å². The molecule has 0 radical (unpaired) electrons. The molecular weight excluding hydrogens is 1790 g/mol. The lowest BCUT2D eigenvalue weighted by Crippen LogP contribution is -2.50. The second kappa shape index (κ2) is 49.0. The number of hydrogen-bond acceptors (Lipinski definition) is 35. The van der Waals surface area contributed by atoms with Gasteiger partial charge in [0.1, 0.15) is 67.8 Å². The minimum Gasteiger partial charge on any atom is -0.383 e. The summed E-state index contributed by atoms with van der Waals surface area (Å²) in [6, 6.07) is 4.17. The van der Waals surface area contributed by atoms with E-state index in [1.165, 1.54) is 47.0 Å². The van der Waals surface area contributed by atoms with Crippen molar-refractivity contribution in [2.75, 3.05) is 227 Å². The zero-order valence-electron chi connectivity index (χ0n) is 74.9. The summed E-state index contributed by atoms with van der Waals surface area (Å²) in [4.78, 5) is 286. The largest absolute Gasteiger partial charge is 0.383 e. The van der Waals surface area contributed by atoms with Gasteiger partial charge in [0.2, 0.25) is 88.7 Å². The summed E-state index contributed by atoms with van der Waals surface area (Å²) in [5.41, 5.74) is 25.3. The van der Waals surface area contributed by atoms with Gasteiger partial charge in [0.05, 0.1) is 84.4 Å². The lowest BCUT2D eigenvalue weighted by Gasteiger charge is -2.27. The Morgan fingerprint density at radius 2 is 0.765 bits per heavy atom. The fraction of sp³-hybridized carbons (Fsp3) is 0.468. The molecule has 0 bridgehead atoms. The number of carbonyl (C=O) groups excluding carboxylic acids is 13. The van der Waals surface area contributed by atoms with Crippen LogP contribution in [0.25, 0.3) is 33.5 Å². The maximum Gasteiger partial charge on any atom is 0.349 e. The topological polar surface area (TPSA) is 715 Å². The third kappa shape index (κ3) is 30.6. The first-order valence-electron chi connectivity index (χ1n) is 42.5. The lowest BCUT2D eigenvalue weighted by molar-refractivity contribution is -0.138. The fourth-order valence-electron chi connectivity index (χ4n) is 13.7. The molecule has 19 N–H and O–H groups in total. The molecule has 1 aromatic carbocycles. The number of nitrogen functional groups attached to an aromatic ring is 5. The molecule has 0 saturated carbocycles. The monoisotopic (exact) mass is 1900 g/mol. The molecule has 57 heteroatoms. The van der Waals surface area contributed by atoms with E-state index < -0.39 is 242 Å². The van der Waals surface area contributed by atoms with Gasteiger partial charge in [-0.25, -0.2) is 43.3 Å². The van der Waals surface area contributed by atoms with E-state index in [2.05, 4.69) is 96.9 Å². The average molecular weight is 1900 g/mol. The first-order chi connectivity index (χ1) is 64.9. The Hall–Kier alpha value is -16.0. The highest BCUT2D eigenvalue weighted by atomic mass is 19.1. The number of carbonyl (C=O) groups is 13. The fourth-order valence-corrected chi connectivity index (χ4v) is 13.7. The number of anilines is 5. The Morgan fingerprint density at radius 1 is 0.412 bits per heavy atom. The number of ether oxygens (including phenoxy) is 1.